The Bertz CT molecular complexity index is 964. The van der Waals surface area contributed by atoms with Gasteiger partial charge in [0.2, 0.25) is 5.88 Å². The van der Waals surface area contributed by atoms with Crippen molar-refractivity contribution in [1.29, 1.82) is 0 Å². The maximum absolute atomic E-state index is 12.4. The van der Waals surface area contributed by atoms with E-state index in [2.05, 4.69) is 4.99 Å². The number of aliphatic imine (C=N–C) groups is 1. The van der Waals surface area contributed by atoms with Crippen molar-refractivity contribution >= 4 is 35.3 Å². The van der Waals surface area contributed by atoms with Gasteiger partial charge in [0.25, 0.3) is 5.56 Å². The number of fused-ring (bicyclic) bond motifs is 1. The monoisotopic (exact) mass is 313 g/mol. The molecule has 2 heterocycles. The maximum Gasteiger partial charge on any atom is 0.265 e. The van der Waals surface area contributed by atoms with Crippen LogP contribution in [0.15, 0.2) is 34.1 Å². The van der Waals surface area contributed by atoms with E-state index in [1.165, 1.54) is 9.13 Å². The van der Waals surface area contributed by atoms with E-state index in [1.807, 2.05) is 31.2 Å². The van der Waals surface area contributed by atoms with Crippen LogP contribution in [-0.4, -0.2) is 20.0 Å². The fourth-order valence-electron chi connectivity index (χ4n) is 2.55. The highest BCUT2D eigenvalue weighted by atomic mass is 32.1. The predicted octanol–water partition coefficient (Wildman–Crippen LogP) is 2.81. The number of para-hydroxylation sites is 1. The van der Waals surface area contributed by atoms with Crippen LogP contribution in [0.5, 0.6) is 5.88 Å². The average molecular weight is 313 g/mol. The molecule has 0 bridgehead atoms. The zero-order valence-electron chi connectivity index (χ0n) is 12.5. The Labute approximate surface area is 132 Å². The Morgan fingerprint density at radius 1 is 1.23 bits per heavy atom. The molecule has 0 radical (unpaired) electrons. The van der Waals surface area contributed by atoms with Gasteiger partial charge in [0, 0.05) is 30.9 Å². The van der Waals surface area contributed by atoms with E-state index >= 15 is 0 Å². The Morgan fingerprint density at radius 2 is 1.91 bits per heavy atom. The molecule has 2 aromatic rings. The fourth-order valence-corrected chi connectivity index (χ4v) is 2.72. The summed E-state index contributed by atoms with van der Waals surface area (Å²) in [6, 6.07) is 7.71. The minimum atomic E-state index is -0.328. The van der Waals surface area contributed by atoms with Crippen molar-refractivity contribution in [2.75, 3.05) is 0 Å². The number of allylic oxidation sites excluding steroid dienone is 1. The second-order valence-corrected chi connectivity index (χ2v) is 5.58. The zero-order chi connectivity index (χ0) is 16.0. The van der Waals surface area contributed by atoms with Crippen molar-refractivity contribution in [3.05, 3.63) is 50.5 Å². The Balaban J connectivity index is 2.30. The van der Waals surface area contributed by atoms with E-state index in [0.717, 1.165) is 22.5 Å². The molecule has 0 fully saturated rings. The van der Waals surface area contributed by atoms with Crippen molar-refractivity contribution in [1.82, 2.24) is 9.13 Å². The summed E-state index contributed by atoms with van der Waals surface area (Å²) in [6.45, 7) is 1.88. The first kappa shape index (κ1) is 14.5. The SMILES string of the molecule is CC1=Nc2ccccc2/C1=C/c1c(O)n(C)c(=S)n(C)c1=O. The number of aromatic nitrogens is 2. The molecule has 0 atom stereocenters. The standard InChI is InChI=1S/C16H15N3O2S/c1-9-11(10-6-4-5-7-13(10)17-9)8-12-14(20)18(2)16(22)19(3)15(12)21/h4-8,20H,1-3H3/b11-8+. The average Bonchev–Trinajstić information content (AvgIpc) is 2.83. The highest BCUT2D eigenvalue weighted by molar-refractivity contribution is 7.71. The quantitative estimate of drug-likeness (QED) is 0.824. The topological polar surface area (TPSA) is 59.5 Å². The van der Waals surface area contributed by atoms with Gasteiger partial charge in [0.15, 0.2) is 4.77 Å². The van der Waals surface area contributed by atoms with Crippen LogP contribution in [0.3, 0.4) is 0 Å². The van der Waals surface area contributed by atoms with Gasteiger partial charge in [-0.3, -0.25) is 18.9 Å². The summed E-state index contributed by atoms with van der Waals surface area (Å²) in [6.07, 6.45) is 1.68. The molecule has 1 N–H and O–H groups in total. The van der Waals surface area contributed by atoms with E-state index < -0.39 is 0 Å². The minimum absolute atomic E-state index is 0.141. The third kappa shape index (κ3) is 2.03. The molecule has 6 heteroatoms. The summed E-state index contributed by atoms with van der Waals surface area (Å²) in [5.41, 5.74) is 3.34. The van der Waals surface area contributed by atoms with E-state index in [-0.39, 0.29) is 21.8 Å². The normalized spacial score (nSPS) is 15.0. The molecule has 1 aliphatic rings. The van der Waals surface area contributed by atoms with Crippen molar-refractivity contribution < 1.29 is 5.11 Å². The minimum Gasteiger partial charge on any atom is -0.494 e. The predicted molar refractivity (Wildman–Crippen MR) is 90.2 cm³/mol. The van der Waals surface area contributed by atoms with Gasteiger partial charge in [0.05, 0.1) is 5.69 Å². The van der Waals surface area contributed by atoms with Gasteiger partial charge in [-0.15, -0.1) is 0 Å². The molecule has 0 saturated heterocycles. The van der Waals surface area contributed by atoms with Crippen LogP contribution in [0.4, 0.5) is 5.69 Å². The summed E-state index contributed by atoms with van der Waals surface area (Å²) in [5.74, 6) is -0.141. The van der Waals surface area contributed by atoms with Crippen LogP contribution in [0.2, 0.25) is 0 Å². The maximum atomic E-state index is 12.4. The molecule has 112 valence electrons. The van der Waals surface area contributed by atoms with Crippen LogP contribution < -0.4 is 5.56 Å². The van der Waals surface area contributed by atoms with Gasteiger partial charge in [0.1, 0.15) is 5.56 Å². The van der Waals surface area contributed by atoms with Crippen LogP contribution in [0.1, 0.15) is 18.1 Å². The van der Waals surface area contributed by atoms with Gasteiger partial charge in [-0.2, -0.15) is 0 Å². The lowest BCUT2D eigenvalue weighted by Gasteiger charge is -2.10. The van der Waals surface area contributed by atoms with Crippen molar-refractivity contribution in [2.45, 2.75) is 6.92 Å². The number of aromatic hydroxyl groups is 1. The van der Waals surface area contributed by atoms with Gasteiger partial charge < -0.3 is 5.11 Å². The molecular formula is C16H15N3O2S. The number of benzene rings is 1. The molecule has 0 aliphatic carbocycles. The Morgan fingerprint density at radius 3 is 2.64 bits per heavy atom. The number of nitrogens with zero attached hydrogens (tertiary/aromatic N) is 3. The smallest absolute Gasteiger partial charge is 0.265 e. The molecule has 3 rings (SSSR count). The van der Waals surface area contributed by atoms with Crippen LogP contribution in [0, 0.1) is 4.77 Å². The highest BCUT2D eigenvalue weighted by Crippen LogP contribution is 2.35. The van der Waals surface area contributed by atoms with Crippen molar-refractivity contribution in [2.24, 2.45) is 19.1 Å². The summed E-state index contributed by atoms with van der Waals surface area (Å²) in [7, 11) is 3.22. The third-order valence-corrected chi connectivity index (χ3v) is 4.38. The molecule has 5 nitrogen and oxygen atoms in total. The molecule has 1 aromatic heterocycles. The van der Waals surface area contributed by atoms with Gasteiger partial charge in [-0.25, -0.2) is 0 Å². The lowest BCUT2D eigenvalue weighted by molar-refractivity contribution is 0.414. The summed E-state index contributed by atoms with van der Waals surface area (Å²) in [4.78, 5) is 16.9. The number of hydrogen-bond acceptors (Lipinski definition) is 4. The zero-order valence-corrected chi connectivity index (χ0v) is 13.3. The summed E-state index contributed by atoms with van der Waals surface area (Å²) >= 11 is 5.12. The van der Waals surface area contributed by atoms with Crippen molar-refractivity contribution in [3.8, 4) is 5.88 Å². The lowest BCUT2D eigenvalue weighted by Crippen LogP contribution is -2.24. The molecule has 0 spiro atoms. The molecule has 1 aliphatic heterocycles. The van der Waals surface area contributed by atoms with E-state index in [0.29, 0.717) is 0 Å². The van der Waals surface area contributed by atoms with Crippen LogP contribution >= 0.6 is 12.2 Å². The Kier molecular flexibility index (Phi) is 3.33. The lowest BCUT2D eigenvalue weighted by atomic mass is 10.0. The van der Waals surface area contributed by atoms with E-state index in [1.54, 1.807) is 20.2 Å². The highest BCUT2D eigenvalue weighted by Gasteiger charge is 2.19. The first-order chi connectivity index (χ1) is 10.4. The number of rotatable bonds is 1. The van der Waals surface area contributed by atoms with Gasteiger partial charge >= 0.3 is 0 Å². The molecule has 0 unspecified atom stereocenters. The van der Waals surface area contributed by atoms with Gasteiger partial charge in [-0.05, 0) is 31.3 Å². The summed E-state index contributed by atoms with van der Waals surface area (Å²) in [5, 5.41) is 10.3. The fraction of sp³-hybridized carbons (Fsp3) is 0.188. The molecule has 0 saturated carbocycles. The van der Waals surface area contributed by atoms with E-state index in [9.17, 15) is 9.90 Å². The third-order valence-electron chi connectivity index (χ3n) is 3.83. The van der Waals surface area contributed by atoms with Gasteiger partial charge in [-0.1, -0.05) is 18.2 Å². The second kappa shape index (κ2) is 5.06. The van der Waals surface area contributed by atoms with Crippen LogP contribution in [-0.2, 0) is 14.1 Å². The molecule has 22 heavy (non-hydrogen) atoms. The molecular weight excluding hydrogens is 298 g/mol. The summed E-state index contributed by atoms with van der Waals surface area (Å²) < 4.78 is 3.02. The largest absolute Gasteiger partial charge is 0.494 e. The number of hydrogen-bond donors (Lipinski definition) is 1. The first-order valence-corrected chi connectivity index (χ1v) is 7.18. The molecule has 0 amide bonds. The molecule has 1 aromatic carbocycles. The first-order valence-electron chi connectivity index (χ1n) is 6.77. The van der Waals surface area contributed by atoms with E-state index in [4.69, 9.17) is 12.2 Å². The van der Waals surface area contributed by atoms with Crippen molar-refractivity contribution in [3.63, 3.8) is 0 Å². The second-order valence-electron chi connectivity index (χ2n) is 5.22. The Hall–Kier alpha value is -2.47. The van der Waals surface area contributed by atoms with Crippen LogP contribution in [0.25, 0.3) is 11.6 Å².